The van der Waals surface area contributed by atoms with Crippen LogP contribution < -0.4 is 0 Å². The monoisotopic (exact) mass is 162 g/mol. The fraction of sp³-hybridized carbons (Fsp3) is 1.00. The van der Waals surface area contributed by atoms with Crippen molar-refractivity contribution in [3.8, 4) is 0 Å². The molecule has 0 amide bonds. The Morgan fingerprint density at radius 2 is 1.50 bits per heavy atom. The first kappa shape index (κ1) is 10.4. The van der Waals surface area contributed by atoms with Crippen molar-refractivity contribution in [1.82, 2.24) is 0 Å². The van der Waals surface area contributed by atoms with Crippen molar-refractivity contribution in [3.63, 3.8) is 0 Å². The van der Waals surface area contributed by atoms with E-state index in [1.165, 1.54) is 12.6 Å². The summed E-state index contributed by atoms with van der Waals surface area (Å²) in [5.74, 6) is 0. The summed E-state index contributed by atoms with van der Waals surface area (Å²) in [5.41, 5.74) is 0. The third-order valence-electron chi connectivity index (χ3n) is 2.91. The van der Waals surface area contributed by atoms with Gasteiger partial charge in [-0.2, -0.15) is 0 Å². The number of rotatable bonds is 2. The molecule has 0 aliphatic carbocycles. The molecule has 0 aromatic heterocycles. The first-order valence-corrected chi connectivity index (χ1v) is 7.52. The average Bonchev–Trinajstić information content (AvgIpc) is 1.61. The molecule has 0 fully saturated rings. The summed E-state index contributed by atoms with van der Waals surface area (Å²) in [6.45, 7) is 14.4. The Kier molecular flexibility index (Phi) is 3.36. The van der Waals surface area contributed by atoms with Crippen LogP contribution in [0.5, 0.6) is 0 Å². The second kappa shape index (κ2) is 3.22. The van der Waals surface area contributed by atoms with Gasteiger partial charge in [-0.1, -0.05) is 0 Å². The van der Waals surface area contributed by atoms with Gasteiger partial charge in [0.05, 0.1) is 0 Å². The van der Waals surface area contributed by atoms with Gasteiger partial charge in [-0.25, -0.2) is 0 Å². The van der Waals surface area contributed by atoms with Crippen LogP contribution in [-0.4, -0.2) is 24.6 Å². The minimum absolute atomic E-state index is 0.586. The molecule has 0 atom stereocenters. The van der Waals surface area contributed by atoms with E-state index in [2.05, 4.69) is 41.0 Å². The second-order valence-corrected chi connectivity index (χ2v) is 10.7. The molecule has 0 aromatic carbocycles. The molecule has 0 saturated heterocycles. The molecule has 0 spiro atoms. The van der Waals surface area contributed by atoms with Crippen LogP contribution in [0.4, 0.5) is 0 Å². The van der Waals surface area contributed by atoms with Gasteiger partial charge in [-0.3, -0.25) is 0 Å². The Morgan fingerprint density at radius 3 is 1.60 bits per heavy atom. The van der Waals surface area contributed by atoms with Gasteiger partial charge >= 0.3 is 66.0 Å². The van der Waals surface area contributed by atoms with Crippen molar-refractivity contribution >= 4 is 7.26 Å². The third-order valence-corrected chi connectivity index (χ3v) is 8.72. The molecular weight excluding hydrogens is 139 g/mol. The van der Waals surface area contributed by atoms with E-state index < -0.39 is 7.26 Å². The summed E-state index contributed by atoms with van der Waals surface area (Å²) < 4.78 is 0. The predicted molar refractivity (Wildman–Crippen MR) is 55.1 cm³/mol. The van der Waals surface area contributed by atoms with Gasteiger partial charge in [0.2, 0.25) is 0 Å². The van der Waals surface area contributed by atoms with Crippen molar-refractivity contribution in [1.29, 1.82) is 0 Å². The fourth-order valence-corrected chi connectivity index (χ4v) is 3.00. The maximum absolute atomic E-state index is 2.50. The summed E-state index contributed by atoms with van der Waals surface area (Å²) >= 11 is 0. The van der Waals surface area contributed by atoms with Gasteiger partial charge in [0.1, 0.15) is 0 Å². The Bertz CT molecular complexity index is 97.8. The molecule has 0 unspecified atom stereocenters. The molecule has 0 radical (unpaired) electrons. The summed E-state index contributed by atoms with van der Waals surface area (Å²) in [6, 6.07) is 0. The number of hydrogen-bond donors (Lipinski definition) is 0. The first-order valence-electron chi connectivity index (χ1n) is 4.31. The molecule has 0 aliphatic heterocycles. The Balaban J connectivity index is 4.10. The van der Waals surface area contributed by atoms with E-state index in [1.54, 1.807) is 0 Å². The van der Waals surface area contributed by atoms with Crippen LogP contribution >= 0.6 is 7.26 Å². The van der Waals surface area contributed by atoms with E-state index in [9.17, 15) is 0 Å². The van der Waals surface area contributed by atoms with Gasteiger partial charge in [0.15, 0.2) is 0 Å². The van der Waals surface area contributed by atoms with Crippen molar-refractivity contribution < 1.29 is 0 Å². The second-order valence-electron chi connectivity index (χ2n) is 4.88. The van der Waals surface area contributed by atoms with Crippen LogP contribution in [0.2, 0.25) is 0 Å². The van der Waals surface area contributed by atoms with E-state index in [4.69, 9.17) is 0 Å². The molecule has 0 rings (SSSR count). The Labute approximate surface area is 66.7 Å². The van der Waals surface area contributed by atoms with Crippen LogP contribution in [0.1, 0.15) is 34.1 Å². The van der Waals surface area contributed by atoms with Gasteiger partial charge in [-0.15, -0.1) is 0 Å². The molecule has 0 nitrogen and oxygen atoms in total. The van der Waals surface area contributed by atoms with E-state index in [0.29, 0.717) is 5.16 Å². The van der Waals surface area contributed by atoms with Crippen molar-refractivity contribution in [2.75, 3.05) is 19.5 Å². The Hall–Kier alpha value is 0.430. The zero-order chi connectivity index (χ0) is 8.41. The molecule has 0 heterocycles. The van der Waals surface area contributed by atoms with Crippen LogP contribution in [0.3, 0.4) is 0 Å². The van der Waals surface area contributed by atoms with Crippen LogP contribution in [0.15, 0.2) is 0 Å². The normalized spacial score (nSPS) is 15.4. The number of hydrogen-bond acceptors (Lipinski definition) is 0. The van der Waals surface area contributed by atoms with Crippen LogP contribution in [-0.2, 0) is 0 Å². The van der Waals surface area contributed by atoms with E-state index in [-0.39, 0.29) is 0 Å². The van der Waals surface area contributed by atoms with E-state index in [1.807, 2.05) is 0 Å². The zero-order valence-electron chi connectivity index (χ0n) is 8.41. The van der Waals surface area contributed by atoms with Gasteiger partial charge in [-0.05, 0) is 0 Å². The first-order chi connectivity index (χ1) is 4.31. The van der Waals surface area contributed by atoms with Gasteiger partial charge in [0.25, 0.3) is 0 Å². The molecule has 0 saturated carbocycles. The predicted octanol–water partition coefficient (Wildman–Crippen LogP) is 3.20. The Morgan fingerprint density at radius 1 is 1.10 bits per heavy atom. The molecule has 0 N–H and O–H groups in total. The summed E-state index contributed by atoms with van der Waals surface area (Å²) in [4.78, 5) is 0. The topological polar surface area (TPSA) is 0 Å². The van der Waals surface area contributed by atoms with Gasteiger partial charge < -0.3 is 0 Å². The molecule has 1 heteroatoms. The maximum atomic E-state index is 2.50. The minimum atomic E-state index is -0.905. The van der Waals surface area contributed by atoms with Gasteiger partial charge in [0, 0.05) is 0 Å². The van der Waals surface area contributed by atoms with Crippen LogP contribution in [0, 0.1) is 0 Å². The molecule has 0 aromatic rings. The summed E-state index contributed by atoms with van der Waals surface area (Å²) in [5, 5.41) is 0.586. The van der Waals surface area contributed by atoms with E-state index in [0.717, 1.165) is 0 Å². The van der Waals surface area contributed by atoms with Crippen molar-refractivity contribution in [2.24, 2.45) is 0 Å². The molecule has 10 heavy (non-hydrogen) atoms. The summed E-state index contributed by atoms with van der Waals surface area (Å²) in [7, 11) is -0.905. The van der Waals surface area contributed by atoms with Crippen LogP contribution in [0.25, 0.3) is 0 Å². The average molecular weight is 162 g/mol. The zero-order valence-corrected chi connectivity index (χ0v) is 9.41. The molecule has 64 valence electrons. The standard InChI is InChI=1S/C9H23P/c1-7-8-10(5,6)9(2,3)4/h10H,7-8H2,1-6H3. The van der Waals surface area contributed by atoms with E-state index >= 15 is 0 Å². The third kappa shape index (κ3) is 2.58. The summed E-state index contributed by atoms with van der Waals surface area (Å²) in [6.07, 6.45) is 2.83. The molecule has 0 aliphatic rings. The van der Waals surface area contributed by atoms with Crippen molar-refractivity contribution in [2.45, 2.75) is 39.3 Å². The van der Waals surface area contributed by atoms with Crippen molar-refractivity contribution in [3.05, 3.63) is 0 Å². The molecular formula is C9H23P. The quantitative estimate of drug-likeness (QED) is 0.547. The molecule has 0 bridgehead atoms. The fourth-order valence-electron chi connectivity index (χ4n) is 1.000. The SMILES string of the molecule is CCC[PH](C)(C)C(C)(C)C.